The van der Waals surface area contributed by atoms with Crippen molar-refractivity contribution in [3.8, 4) is 45.0 Å². The molecule has 3 heteroatoms. The van der Waals surface area contributed by atoms with Crippen molar-refractivity contribution in [1.82, 2.24) is 15.0 Å². The number of hydrogen-bond donors (Lipinski definition) is 0. The lowest BCUT2D eigenvalue weighted by Crippen LogP contribution is -2.29. The van der Waals surface area contributed by atoms with Crippen molar-refractivity contribution in [1.29, 1.82) is 0 Å². The monoisotopic (exact) mass is 573 g/mol. The van der Waals surface area contributed by atoms with Gasteiger partial charge < -0.3 is 0 Å². The third-order valence-corrected chi connectivity index (χ3v) is 9.23. The van der Waals surface area contributed by atoms with E-state index in [2.05, 4.69) is 126 Å². The van der Waals surface area contributed by atoms with Gasteiger partial charge in [0.25, 0.3) is 0 Å². The Kier molecular flexibility index (Phi) is 5.72. The first kappa shape index (κ1) is 25.6. The van der Waals surface area contributed by atoms with Crippen molar-refractivity contribution >= 4 is 12.2 Å². The van der Waals surface area contributed by atoms with E-state index in [1.807, 2.05) is 36.5 Å². The minimum absolute atomic E-state index is 0.450. The average molecular weight is 574 g/mol. The number of pyridine rings is 1. The number of aromatic nitrogens is 3. The quantitative estimate of drug-likeness (QED) is 0.211. The van der Waals surface area contributed by atoms with Crippen molar-refractivity contribution in [2.75, 3.05) is 0 Å². The highest BCUT2D eigenvalue weighted by Gasteiger charge is 2.48. The second kappa shape index (κ2) is 10.1. The lowest BCUT2D eigenvalue weighted by Gasteiger charge is -2.35. The van der Waals surface area contributed by atoms with Gasteiger partial charge in [-0.3, -0.25) is 4.98 Å². The Morgan fingerprint density at radius 1 is 0.422 bits per heavy atom. The number of fused-ring (bicyclic) bond motifs is 9. The van der Waals surface area contributed by atoms with Gasteiger partial charge in [-0.15, -0.1) is 0 Å². The first-order chi connectivity index (χ1) is 22.3. The van der Waals surface area contributed by atoms with Crippen molar-refractivity contribution in [3.05, 3.63) is 185 Å². The van der Waals surface area contributed by atoms with E-state index in [1.165, 1.54) is 44.5 Å². The van der Waals surface area contributed by atoms with E-state index < -0.39 is 5.41 Å². The standard InChI is InChI=1S/C42H27N3/c1-2-13-30(14-3-1)39-26-40(32-15-10-24-43-27-32)45-41(44-39)31-22-23-38-34(25-31)33-16-6-9-19-37(33)42(38)35-17-7-4-11-28(35)20-21-29-12-5-8-18-36(29)42/h1-27H. The molecule has 1 spiro atoms. The zero-order valence-corrected chi connectivity index (χ0v) is 24.4. The molecule has 5 aromatic carbocycles. The zero-order valence-electron chi connectivity index (χ0n) is 24.4. The van der Waals surface area contributed by atoms with Crippen LogP contribution in [-0.4, -0.2) is 15.0 Å². The van der Waals surface area contributed by atoms with Gasteiger partial charge in [0.2, 0.25) is 0 Å². The molecule has 0 amide bonds. The summed E-state index contributed by atoms with van der Waals surface area (Å²) in [5.74, 6) is 0.694. The molecule has 9 rings (SSSR count). The van der Waals surface area contributed by atoms with Crippen molar-refractivity contribution in [3.63, 3.8) is 0 Å². The summed E-state index contributed by atoms with van der Waals surface area (Å²) in [6.45, 7) is 0. The second-order valence-corrected chi connectivity index (χ2v) is 11.6. The van der Waals surface area contributed by atoms with Gasteiger partial charge in [-0.25, -0.2) is 9.97 Å². The van der Waals surface area contributed by atoms with Crippen LogP contribution in [0, 0.1) is 0 Å². The molecule has 0 N–H and O–H groups in total. The number of nitrogens with zero attached hydrogens (tertiary/aromatic N) is 3. The molecule has 0 bridgehead atoms. The van der Waals surface area contributed by atoms with Crippen LogP contribution >= 0.6 is 0 Å². The van der Waals surface area contributed by atoms with E-state index >= 15 is 0 Å². The minimum atomic E-state index is -0.450. The van der Waals surface area contributed by atoms with E-state index in [0.717, 1.165) is 28.1 Å². The van der Waals surface area contributed by atoms with Gasteiger partial charge in [-0.2, -0.15) is 0 Å². The molecule has 0 saturated heterocycles. The van der Waals surface area contributed by atoms with Crippen LogP contribution in [0.25, 0.3) is 57.2 Å². The molecule has 3 nitrogen and oxygen atoms in total. The Hall–Kier alpha value is -5.93. The fraction of sp³-hybridized carbons (Fsp3) is 0.0238. The first-order valence-electron chi connectivity index (χ1n) is 15.3. The maximum atomic E-state index is 5.13. The summed E-state index contributed by atoms with van der Waals surface area (Å²) in [5.41, 5.74) is 14.4. The van der Waals surface area contributed by atoms with E-state index in [0.29, 0.717) is 5.82 Å². The molecule has 0 fully saturated rings. The van der Waals surface area contributed by atoms with Gasteiger partial charge >= 0.3 is 0 Å². The fourth-order valence-electron chi connectivity index (χ4n) is 7.29. The summed E-state index contributed by atoms with van der Waals surface area (Å²) in [6.07, 6.45) is 8.18. The Morgan fingerprint density at radius 3 is 1.73 bits per heavy atom. The maximum absolute atomic E-state index is 5.13. The molecule has 2 aromatic heterocycles. The molecule has 0 atom stereocenters. The number of rotatable bonds is 3. The highest BCUT2D eigenvalue weighted by Crippen LogP contribution is 2.58. The van der Waals surface area contributed by atoms with Crippen LogP contribution in [0.3, 0.4) is 0 Å². The second-order valence-electron chi connectivity index (χ2n) is 11.6. The van der Waals surface area contributed by atoms with Crippen LogP contribution in [0.1, 0.15) is 33.4 Å². The van der Waals surface area contributed by atoms with Crippen LogP contribution in [-0.2, 0) is 5.41 Å². The van der Waals surface area contributed by atoms with Crippen molar-refractivity contribution in [2.24, 2.45) is 0 Å². The van der Waals surface area contributed by atoms with Crippen LogP contribution in [0.5, 0.6) is 0 Å². The average Bonchev–Trinajstić information content (AvgIpc) is 3.32. The zero-order chi connectivity index (χ0) is 29.8. The molecule has 2 aliphatic carbocycles. The summed E-state index contributed by atoms with van der Waals surface area (Å²) in [7, 11) is 0. The SMILES string of the molecule is C1=Cc2ccccc2C2(c3ccccc31)c1ccccc1-c1cc(-c3nc(-c4ccccc4)cc(-c4cccnc4)n3)ccc12. The Balaban J connectivity index is 1.31. The highest BCUT2D eigenvalue weighted by molar-refractivity contribution is 5.92. The molecule has 7 aromatic rings. The van der Waals surface area contributed by atoms with E-state index in [-0.39, 0.29) is 0 Å². The van der Waals surface area contributed by atoms with Crippen LogP contribution in [0.4, 0.5) is 0 Å². The number of hydrogen-bond acceptors (Lipinski definition) is 3. The fourth-order valence-corrected chi connectivity index (χ4v) is 7.29. The summed E-state index contributed by atoms with van der Waals surface area (Å²) in [4.78, 5) is 14.6. The molecule has 0 unspecified atom stereocenters. The lowest BCUT2D eigenvalue weighted by molar-refractivity contribution is 0.766. The third-order valence-electron chi connectivity index (χ3n) is 9.23. The lowest BCUT2D eigenvalue weighted by atomic mass is 9.66. The third kappa shape index (κ3) is 3.87. The van der Waals surface area contributed by atoms with E-state index in [4.69, 9.17) is 9.97 Å². The van der Waals surface area contributed by atoms with E-state index in [9.17, 15) is 0 Å². The van der Waals surface area contributed by atoms with Gasteiger partial charge in [0, 0.05) is 29.1 Å². The largest absolute Gasteiger partial charge is 0.264 e. The topological polar surface area (TPSA) is 38.7 Å². The molecular formula is C42H27N3. The summed E-state index contributed by atoms with van der Waals surface area (Å²) in [5, 5.41) is 0. The van der Waals surface area contributed by atoms with Gasteiger partial charge in [0.05, 0.1) is 16.8 Å². The van der Waals surface area contributed by atoms with Crippen molar-refractivity contribution < 1.29 is 0 Å². The minimum Gasteiger partial charge on any atom is -0.264 e. The predicted octanol–water partition coefficient (Wildman–Crippen LogP) is 9.72. The maximum Gasteiger partial charge on any atom is 0.160 e. The number of benzene rings is 5. The van der Waals surface area contributed by atoms with Gasteiger partial charge in [-0.05, 0) is 68.8 Å². The Bertz CT molecular complexity index is 2160. The Labute approximate surface area is 262 Å². The first-order valence-corrected chi connectivity index (χ1v) is 15.3. The van der Waals surface area contributed by atoms with Crippen LogP contribution in [0.15, 0.2) is 152 Å². The highest BCUT2D eigenvalue weighted by atomic mass is 14.9. The smallest absolute Gasteiger partial charge is 0.160 e. The van der Waals surface area contributed by atoms with Crippen LogP contribution < -0.4 is 0 Å². The molecule has 0 radical (unpaired) electrons. The molecular weight excluding hydrogens is 546 g/mol. The molecule has 2 aliphatic rings. The molecule has 210 valence electrons. The predicted molar refractivity (Wildman–Crippen MR) is 182 cm³/mol. The molecule has 2 heterocycles. The van der Waals surface area contributed by atoms with Crippen LogP contribution in [0.2, 0.25) is 0 Å². The van der Waals surface area contributed by atoms with Gasteiger partial charge in [0.15, 0.2) is 5.82 Å². The molecule has 0 saturated carbocycles. The molecule has 45 heavy (non-hydrogen) atoms. The van der Waals surface area contributed by atoms with Crippen molar-refractivity contribution in [2.45, 2.75) is 5.41 Å². The summed E-state index contributed by atoms with van der Waals surface area (Å²) in [6, 6.07) is 49.7. The van der Waals surface area contributed by atoms with Gasteiger partial charge in [0.1, 0.15) is 0 Å². The van der Waals surface area contributed by atoms with E-state index in [1.54, 1.807) is 6.20 Å². The molecule has 0 aliphatic heterocycles. The summed E-state index contributed by atoms with van der Waals surface area (Å²) < 4.78 is 0. The van der Waals surface area contributed by atoms with Gasteiger partial charge in [-0.1, -0.05) is 127 Å². The summed E-state index contributed by atoms with van der Waals surface area (Å²) >= 11 is 0. The normalized spacial score (nSPS) is 13.4. The Morgan fingerprint density at radius 2 is 1.02 bits per heavy atom.